The third kappa shape index (κ3) is 6.05. The van der Waals surface area contributed by atoms with Crippen LogP contribution >= 0.6 is 0 Å². The second-order valence-corrected chi connectivity index (χ2v) is 10.7. The quantitative estimate of drug-likeness (QED) is 0.280. The third-order valence-electron chi connectivity index (χ3n) is 7.91. The summed E-state index contributed by atoms with van der Waals surface area (Å²) < 4.78 is 84.9. The van der Waals surface area contributed by atoms with Crippen LogP contribution in [0.25, 0.3) is 11.1 Å². The van der Waals surface area contributed by atoms with Crippen molar-refractivity contribution >= 4 is 17.1 Å². The predicted octanol–water partition coefficient (Wildman–Crippen LogP) is 7.81. The molecule has 216 valence electrons. The molecule has 0 amide bonds. The summed E-state index contributed by atoms with van der Waals surface area (Å²) in [5.41, 5.74) is 0.835. The van der Waals surface area contributed by atoms with Gasteiger partial charge in [0.25, 0.3) is 0 Å². The van der Waals surface area contributed by atoms with Gasteiger partial charge >= 0.3 is 12.1 Å². The van der Waals surface area contributed by atoms with E-state index in [1.54, 1.807) is 12.1 Å². The van der Waals surface area contributed by atoms with E-state index in [1.807, 2.05) is 0 Å². The van der Waals surface area contributed by atoms with Crippen LogP contribution in [-0.2, 0) is 19.0 Å². The molecule has 0 spiro atoms. The second kappa shape index (κ2) is 11.7. The minimum Gasteiger partial charge on any atom is -0.478 e. The van der Waals surface area contributed by atoms with Gasteiger partial charge in [0.1, 0.15) is 11.6 Å². The molecule has 1 aliphatic carbocycles. The lowest BCUT2D eigenvalue weighted by molar-refractivity contribution is -0.140. The number of allylic oxidation sites excluding steroid dienone is 1. The van der Waals surface area contributed by atoms with Gasteiger partial charge in [0, 0.05) is 19.6 Å². The SMILES string of the molecule is O=C(O)c1ccc2c(c1)CCCC(c1cccc(F)c1C(F)(F)F)=C2c1ccc(CC2CN(CCCF)C2)c(F)c1. The van der Waals surface area contributed by atoms with Gasteiger partial charge in [-0.25, -0.2) is 13.6 Å². The molecule has 2 aliphatic rings. The van der Waals surface area contributed by atoms with Gasteiger partial charge < -0.3 is 10.0 Å². The fraction of sp³-hybridized carbons (Fsp3) is 0.344. The van der Waals surface area contributed by atoms with Crippen molar-refractivity contribution in [2.75, 3.05) is 26.3 Å². The zero-order chi connectivity index (χ0) is 29.3. The van der Waals surface area contributed by atoms with Crippen LogP contribution in [0.1, 0.15) is 63.0 Å². The molecule has 3 aromatic rings. The highest BCUT2D eigenvalue weighted by Gasteiger charge is 2.38. The lowest BCUT2D eigenvalue weighted by Crippen LogP contribution is -2.48. The fourth-order valence-electron chi connectivity index (χ4n) is 6.03. The molecular formula is C32H29F6NO2. The van der Waals surface area contributed by atoms with Gasteiger partial charge in [-0.1, -0.05) is 30.3 Å². The Kier molecular flexibility index (Phi) is 8.27. The van der Waals surface area contributed by atoms with Crippen molar-refractivity contribution in [2.45, 2.75) is 38.3 Å². The first kappa shape index (κ1) is 28.9. The Hall–Kier alpha value is -3.59. The highest BCUT2D eigenvalue weighted by atomic mass is 19.4. The summed E-state index contributed by atoms with van der Waals surface area (Å²) in [4.78, 5) is 13.7. The number of aromatic carboxylic acids is 1. The molecule has 1 N–H and O–H groups in total. The highest BCUT2D eigenvalue weighted by Crippen LogP contribution is 2.45. The van der Waals surface area contributed by atoms with E-state index >= 15 is 4.39 Å². The largest absolute Gasteiger partial charge is 0.478 e. The first-order valence-corrected chi connectivity index (χ1v) is 13.6. The summed E-state index contributed by atoms with van der Waals surface area (Å²) in [6.45, 7) is 1.77. The molecule has 0 atom stereocenters. The molecule has 0 aromatic heterocycles. The molecular weight excluding hydrogens is 544 g/mol. The minimum atomic E-state index is -4.96. The lowest BCUT2D eigenvalue weighted by atomic mass is 9.84. The van der Waals surface area contributed by atoms with Gasteiger partial charge in [-0.2, -0.15) is 13.2 Å². The smallest absolute Gasteiger partial charge is 0.419 e. The normalized spacial score (nSPS) is 16.3. The molecule has 1 fully saturated rings. The van der Waals surface area contributed by atoms with Crippen LogP contribution in [-0.4, -0.2) is 42.3 Å². The predicted molar refractivity (Wildman–Crippen MR) is 144 cm³/mol. The standard InChI is InChI=1S/C32H29F6NO2/c33-12-3-13-39-17-19(18-39)14-21-8-9-22(16-28(21)35)29-24-11-10-23(31(40)41)15-20(24)4-1-5-25(29)26-6-2-7-27(34)30(26)32(36,37)38/h2,6-11,15-16,19H,1,3-5,12-14,17-18H2,(H,40,41). The molecule has 3 nitrogen and oxygen atoms in total. The van der Waals surface area contributed by atoms with Crippen LogP contribution in [0.5, 0.6) is 0 Å². The van der Waals surface area contributed by atoms with Crippen molar-refractivity contribution in [2.24, 2.45) is 5.92 Å². The number of halogens is 6. The van der Waals surface area contributed by atoms with Crippen LogP contribution in [0, 0.1) is 17.6 Å². The number of rotatable bonds is 8. The van der Waals surface area contributed by atoms with E-state index in [1.165, 1.54) is 36.4 Å². The number of alkyl halides is 4. The maximum atomic E-state index is 15.5. The van der Waals surface area contributed by atoms with Crippen molar-refractivity contribution in [3.63, 3.8) is 0 Å². The van der Waals surface area contributed by atoms with Gasteiger partial charge in [-0.05, 0) is 101 Å². The zero-order valence-corrected chi connectivity index (χ0v) is 22.2. The molecule has 0 bridgehead atoms. The van der Waals surface area contributed by atoms with E-state index in [4.69, 9.17) is 0 Å². The monoisotopic (exact) mass is 573 g/mol. The van der Waals surface area contributed by atoms with Crippen molar-refractivity contribution in [3.8, 4) is 0 Å². The van der Waals surface area contributed by atoms with Crippen LogP contribution in [0.2, 0.25) is 0 Å². The van der Waals surface area contributed by atoms with E-state index in [0.717, 1.165) is 19.2 Å². The third-order valence-corrected chi connectivity index (χ3v) is 7.91. The molecule has 5 rings (SSSR count). The maximum Gasteiger partial charge on any atom is 0.419 e. The Morgan fingerprint density at radius 1 is 0.951 bits per heavy atom. The number of likely N-dealkylation sites (tertiary alicyclic amines) is 1. The molecule has 3 aromatic carbocycles. The van der Waals surface area contributed by atoms with Crippen molar-refractivity contribution in [3.05, 3.63) is 105 Å². The number of hydrogen-bond acceptors (Lipinski definition) is 2. The fourth-order valence-corrected chi connectivity index (χ4v) is 6.03. The minimum absolute atomic E-state index is 0.0378. The second-order valence-electron chi connectivity index (χ2n) is 10.7. The van der Waals surface area contributed by atoms with E-state index in [-0.39, 0.29) is 35.7 Å². The van der Waals surface area contributed by atoms with Crippen LogP contribution in [0.3, 0.4) is 0 Å². The van der Waals surface area contributed by atoms with Gasteiger partial charge in [0.15, 0.2) is 0 Å². The Labute approximate surface area is 234 Å². The molecule has 0 radical (unpaired) electrons. The van der Waals surface area contributed by atoms with Gasteiger partial charge in [0.2, 0.25) is 0 Å². The van der Waals surface area contributed by atoms with E-state index in [9.17, 15) is 31.9 Å². The first-order valence-electron chi connectivity index (χ1n) is 13.6. The average molecular weight is 574 g/mol. The van der Waals surface area contributed by atoms with Gasteiger partial charge in [0.05, 0.1) is 17.8 Å². The van der Waals surface area contributed by atoms with Crippen LogP contribution in [0.4, 0.5) is 26.3 Å². The number of aryl methyl sites for hydroxylation is 1. The zero-order valence-electron chi connectivity index (χ0n) is 22.2. The Balaban J connectivity index is 1.61. The molecule has 41 heavy (non-hydrogen) atoms. The Morgan fingerprint density at radius 2 is 1.73 bits per heavy atom. The van der Waals surface area contributed by atoms with Crippen molar-refractivity contribution in [1.82, 2.24) is 4.90 Å². The molecule has 0 unspecified atom stereocenters. The number of nitrogens with zero attached hydrogens (tertiary/aromatic N) is 1. The van der Waals surface area contributed by atoms with E-state index in [0.29, 0.717) is 60.1 Å². The molecule has 1 saturated heterocycles. The average Bonchev–Trinajstić information content (AvgIpc) is 3.09. The number of carboxylic acids is 1. The van der Waals surface area contributed by atoms with Crippen molar-refractivity contribution in [1.29, 1.82) is 0 Å². The summed E-state index contributed by atoms with van der Waals surface area (Å²) in [6, 6.07) is 12.2. The number of carboxylic acid groups (broad SMARTS) is 1. The molecule has 9 heteroatoms. The Bertz CT molecular complexity index is 1490. The highest BCUT2D eigenvalue weighted by molar-refractivity contribution is 6.01. The van der Waals surface area contributed by atoms with Crippen LogP contribution in [0.15, 0.2) is 54.6 Å². The molecule has 0 saturated carbocycles. The van der Waals surface area contributed by atoms with Gasteiger partial charge in [-0.3, -0.25) is 4.39 Å². The number of hydrogen-bond donors (Lipinski definition) is 1. The summed E-state index contributed by atoms with van der Waals surface area (Å²) in [5.74, 6) is -2.81. The van der Waals surface area contributed by atoms with Gasteiger partial charge in [-0.15, -0.1) is 0 Å². The van der Waals surface area contributed by atoms with E-state index < -0.39 is 29.3 Å². The number of carbonyl (C=O) groups is 1. The first-order chi connectivity index (χ1) is 19.6. The Morgan fingerprint density at radius 3 is 2.41 bits per heavy atom. The van der Waals surface area contributed by atoms with E-state index in [2.05, 4.69) is 4.90 Å². The molecule has 1 heterocycles. The molecule has 1 aliphatic heterocycles. The number of benzene rings is 3. The summed E-state index contributed by atoms with van der Waals surface area (Å²) >= 11 is 0. The topological polar surface area (TPSA) is 40.5 Å². The summed E-state index contributed by atoms with van der Waals surface area (Å²) in [5, 5.41) is 9.50. The summed E-state index contributed by atoms with van der Waals surface area (Å²) in [6.07, 6.45) is -3.09. The lowest BCUT2D eigenvalue weighted by Gasteiger charge is -2.39. The van der Waals surface area contributed by atoms with Crippen LogP contribution < -0.4 is 0 Å². The maximum absolute atomic E-state index is 15.5. The summed E-state index contributed by atoms with van der Waals surface area (Å²) in [7, 11) is 0. The number of fused-ring (bicyclic) bond motifs is 1. The van der Waals surface area contributed by atoms with Crippen molar-refractivity contribution < 1.29 is 36.2 Å².